The predicted molar refractivity (Wildman–Crippen MR) is 197 cm³/mol. The van der Waals surface area contributed by atoms with Crippen molar-refractivity contribution in [3.63, 3.8) is 0 Å². The fourth-order valence-corrected chi connectivity index (χ4v) is 8.67. The molecule has 0 radical (unpaired) electrons. The Kier molecular flexibility index (Phi) is 15.7. The molecule has 14 heteroatoms. The summed E-state index contributed by atoms with van der Waals surface area (Å²) in [6.45, 7) is 12.9. The Bertz CT molecular complexity index is 1400. The first-order valence-electron chi connectivity index (χ1n) is 18.6. The normalized spacial score (nSPS) is 25.5. The molecule has 2 aliphatic heterocycles. The van der Waals surface area contributed by atoms with Gasteiger partial charge in [0.2, 0.25) is 17.6 Å². The largest absolute Gasteiger partial charge is 0.379 e. The summed E-state index contributed by atoms with van der Waals surface area (Å²) >= 11 is 0. The molecule has 0 aromatic heterocycles. The minimum atomic E-state index is -3.58. The number of carbonyl (C=O) groups is 5. The van der Waals surface area contributed by atoms with Gasteiger partial charge in [-0.05, 0) is 66.7 Å². The van der Waals surface area contributed by atoms with Crippen LogP contribution < -0.4 is 21.3 Å². The first-order chi connectivity index (χ1) is 24.0. The van der Waals surface area contributed by atoms with Crippen molar-refractivity contribution < 1.29 is 37.1 Å². The summed E-state index contributed by atoms with van der Waals surface area (Å²) in [5.74, 6) is -3.22. The summed E-state index contributed by atoms with van der Waals surface area (Å²) in [7, 11) is -3.58. The molecule has 1 aliphatic carbocycles. The number of Topliss-reactive ketones (excluding diaryl/α,β-unsaturated/α-hetero) is 1. The maximum Gasteiger partial charge on any atom is 0.315 e. The van der Waals surface area contributed by atoms with Crippen molar-refractivity contribution in [2.24, 2.45) is 5.92 Å². The number of sulfone groups is 1. The second-order valence-corrected chi connectivity index (χ2v) is 18.3. The Morgan fingerprint density at radius 3 is 2.29 bits per heavy atom. The quantitative estimate of drug-likeness (QED) is 0.205. The molecule has 0 aromatic carbocycles. The van der Waals surface area contributed by atoms with E-state index in [-0.39, 0.29) is 37.8 Å². The van der Waals surface area contributed by atoms with Crippen LogP contribution in [0.5, 0.6) is 0 Å². The highest BCUT2D eigenvalue weighted by Gasteiger charge is 2.46. The van der Waals surface area contributed by atoms with Crippen LogP contribution in [0.3, 0.4) is 0 Å². The average Bonchev–Trinajstić information content (AvgIpc) is 3.46. The van der Waals surface area contributed by atoms with Gasteiger partial charge >= 0.3 is 6.03 Å². The van der Waals surface area contributed by atoms with E-state index in [1.807, 2.05) is 19.9 Å². The van der Waals surface area contributed by atoms with Gasteiger partial charge in [-0.15, -0.1) is 6.58 Å². The van der Waals surface area contributed by atoms with Crippen LogP contribution in [-0.4, -0.2) is 103 Å². The number of nitrogens with zero attached hydrogens (tertiary/aromatic N) is 1. The fourth-order valence-electron chi connectivity index (χ4n) is 7.15. The number of rotatable bonds is 9. The monoisotopic (exact) mass is 735 g/mol. The van der Waals surface area contributed by atoms with Gasteiger partial charge in [-0.1, -0.05) is 62.7 Å². The van der Waals surface area contributed by atoms with E-state index in [9.17, 15) is 32.4 Å². The van der Waals surface area contributed by atoms with Gasteiger partial charge in [-0.2, -0.15) is 0 Å². The molecule has 0 bridgehead atoms. The summed E-state index contributed by atoms with van der Waals surface area (Å²) in [4.78, 5) is 69.6. The second kappa shape index (κ2) is 19.0. The first kappa shape index (κ1) is 42.2. The zero-order valence-electron chi connectivity index (χ0n) is 31.3. The molecular formula is C37H61N5O8S. The number of urea groups is 1. The van der Waals surface area contributed by atoms with Crippen molar-refractivity contribution in [1.82, 2.24) is 26.2 Å². The Morgan fingerprint density at radius 1 is 1.00 bits per heavy atom. The molecule has 3 rings (SSSR count). The van der Waals surface area contributed by atoms with Crippen LogP contribution in [0, 0.1) is 5.92 Å². The van der Waals surface area contributed by atoms with E-state index in [0.717, 1.165) is 50.5 Å². The van der Waals surface area contributed by atoms with Crippen LogP contribution in [0.2, 0.25) is 0 Å². The molecule has 0 aromatic rings. The van der Waals surface area contributed by atoms with Crippen molar-refractivity contribution in [2.45, 2.75) is 140 Å². The molecule has 288 valence electrons. The van der Waals surface area contributed by atoms with Gasteiger partial charge in [0.25, 0.3) is 5.91 Å². The maximum absolute atomic E-state index is 14.4. The molecule has 4 N–H and O–H groups in total. The summed E-state index contributed by atoms with van der Waals surface area (Å²) in [6, 6.07) is -3.91. The van der Waals surface area contributed by atoms with Gasteiger partial charge in [0.1, 0.15) is 12.1 Å². The van der Waals surface area contributed by atoms with Crippen LogP contribution in [0.25, 0.3) is 0 Å². The number of hydrogen-bond donors (Lipinski definition) is 4. The molecule has 0 spiro atoms. The van der Waals surface area contributed by atoms with E-state index >= 15 is 0 Å². The SMILES string of the molecule is C=CCNC(=O)C(=O)[C@@H]1CCCCCCCOC[C@H](NC(=O)NC2(CS(=O)(=O)C(C)(C)C)CCCCC2)C(=O)N2CC[C@H](C=C(C)C)[C@H]2C(=O)N1. The first-order valence-corrected chi connectivity index (χ1v) is 20.2. The highest BCUT2D eigenvalue weighted by molar-refractivity contribution is 7.92. The van der Waals surface area contributed by atoms with Gasteiger partial charge in [-0.3, -0.25) is 19.2 Å². The maximum atomic E-state index is 14.4. The molecule has 0 unspecified atom stereocenters. The molecule has 3 aliphatic rings. The van der Waals surface area contributed by atoms with Gasteiger partial charge in [-0.25, -0.2) is 13.2 Å². The minimum Gasteiger partial charge on any atom is -0.379 e. The van der Waals surface area contributed by atoms with Crippen molar-refractivity contribution in [3.8, 4) is 0 Å². The zero-order chi connectivity index (χ0) is 37.8. The summed E-state index contributed by atoms with van der Waals surface area (Å²) in [5, 5.41) is 11.1. The molecule has 51 heavy (non-hydrogen) atoms. The topological polar surface area (TPSA) is 180 Å². The summed E-state index contributed by atoms with van der Waals surface area (Å²) in [5.41, 5.74) is -0.0353. The van der Waals surface area contributed by atoms with Crippen LogP contribution in [0.15, 0.2) is 24.3 Å². The summed E-state index contributed by atoms with van der Waals surface area (Å²) in [6.07, 6.45) is 11.4. The number of carbonyl (C=O) groups excluding carboxylic acids is 5. The van der Waals surface area contributed by atoms with Crippen molar-refractivity contribution in [2.75, 3.05) is 32.1 Å². The summed E-state index contributed by atoms with van der Waals surface area (Å²) < 4.78 is 31.6. The molecule has 5 amide bonds. The third-order valence-corrected chi connectivity index (χ3v) is 12.9. The standard InChI is InChI=1S/C37H61N5O8S/c1-7-20-38-33(45)31(43)28-16-12-9-8-10-15-22-50-24-29(34(46)42-21-17-27(23-26(2)3)30(42)32(44)39-28)40-35(47)41-37(18-13-11-14-19-37)25-51(48,49)36(4,5)6/h7,23,27-30H,1,8-22,24-25H2,2-6H3,(H,38,45)(H,39,44)(H2,40,41,47)/t27-,28+,29+,30+/m1/s1. The van der Waals surface area contributed by atoms with Gasteiger partial charge in [0.05, 0.1) is 28.7 Å². The Hall–Kier alpha value is -3.26. The molecule has 4 atom stereocenters. The van der Waals surface area contributed by atoms with Gasteiger partial charge in [0, 0.05) is 25.6 Å². The molecule has 13 nitrogen and oxygen atoms in total. The Labute approximate surface area is 304 Å². The van der Waals surface area contributed by atoms with E-state index in [1.165, 1.54) is 11.0 Å². The van der Waals surface area contributed by atoms with E-state index in [2.05, 4.69) is 27.8 Å². The van der Waals surface area contributed by atoms with Crippen molar-refractivity contribution in [1.29, 1.82) is 0 Å². The average molecular weight is 736 g/mol. The predicted octanol–water partition coefficient (Wildman–Crippen LogP) is 3.48. The van der Waals surface area contributed by atoms with Crippen LogP contribution >= 0.6 is 0 Å². The number of hydrogen-bond acceptors (Lipinski definition) is 8. The van der Waals surface area contributed by atoms with Crippen LogP contribution in [-0.2, 0) is 33.8 Å². The number of allylic oxidation sites excluding steroid dienone is 1. The Morgan fingerprint density at radius 2 is 1.65 bits per heavy atom. The third kappa shape index (κ3) is 12.2. The molecule has 1 saturated carbocycles. The zero-order valence-corrected chi connectivity index (χ0v) is 32.1. The fraction of sp³-hybridized carbons (Fsp3) is 0.757. The van der Waals surface area contributed by atoms with Gasteiger partial charge < -0.3 is 30.9 Å². The molecule has 3 fully saturated rings. The smallest absolute Gasteiger partial charge is 0.315 e. The minimum absolute atomic E-state index is 0.107. The lowest BCUT2D eigenvalue weighted by molar-refractivity contribution is -0.143. The highest BCUT2D eigenvalue weighted by atomic mass is 32.2. The van der Waals surface area contributed by atoms with Crippen molar-refractivity contribution in [3.05, 3.63) is 24.3 Å². The number of amides is 5. The van der Waals surface area contributed by atoms with E-state index < -0.39 is 67.8 Å². The molecule has 2 heterocycles. The Balaban J connectivity index is 1.92. The number of nitrogens with one attached hydrogen (secondary N) is 4. The third-order valence-electron chi connectivity index (χ3n) is 10.1. The molecular weight excluding hydrogens is 675 g/mol. The van der Waals surface area contributed by atoms with E-state index in [0.29, 0.717) is 32.3 Å². The number of fused-ring (bicyclic) bond motifs is 1. The lowest BCUT2D eigenvalue weighted by atomic mass is 9.83. The lowest BCUT2D eigenvalue weighted by Crippen LogP contribution is -2.62. The molecule has 2 saturated heterocycles. The highest BCUT2D eigenvalue weighted by Crippen LogP contribution is 2.33. The van der Waals surface area contributed by atoms with Gasteiger partial charge in [0.15, 0.2) is 9.84 Å². The van der Waals surface area contributed by atoms with Crippen LogP contribution in [0.4, 0.5) is 4.79 Å². The van der Waals surface area contributed by atoms with E-state index in [1.54, 1.807) is 20.8 Å². The second-order valence-electron chi connectivity index (χ2n) is 15.6. The van der Waals surface area contributed by atoms with Crippen molar-refractivity contribution >= 4 is 39.4 Å². The lowest BCUT2D eigenvalue weighted by Gasteiger charge is -2.40. The number of ketones is 1. The number of ether oxygens (including phenoxy) is 1. The van der Waals surface area contributed by atoms with Crippen LogP contribution in [0.1, 0.15) is 112 Å². The van der Waals surface area contributed by atoms with E-state index in [4.69, 9.17) is 4.74 Å².